The van der Waals surface area contributed by atoms with Crippen LogP contribution in [-0.4, -0.2) is 67.5 Å². The molecule has 0 aliphatic heterocycles. The Hall–Kier alpha value is -4.41. The topological polar surface area (TPSA) is 65.8 Å². The van der Waals surface area contributed by atoms with Gasteiger partial charge < -0.3 is 29.5 Å². The fourth-order valence-corrected chi connectivity index (χ4v) is 5.12. The SMILES string of the molecule is CN(C)c1cc[n+](-c2[c-]c(C(=O)O)c(-[n+]3ccc(N(C)C)cc3)c(-[n+]3ccc(N(C)C)cc3)c2-[n+]2ccc(N(C)C)cc2)cc1.[Y]. The number of pyridine rings is 4. The summed E-state index contributed by atoms with van der Waals surface area (Å²) in [6, 6.07) is 19.4. The third-order valence-electron chi connectivity index (χ3n) is 7.71. The Bertz CT molecular complexity index is 1810. The Morgan fingerprint density at radius 2 is 0.783 bits per heavy atom. The van der Waals surface area contributed by atoms with Crippen molar-refractivity contribution in [2.75, 3.05) is 76.0 Å². The van der Waals surface area contributed by atoms with Crippen molar-refractivity contribution in [2.24, 2.45) is 0 Å². The molecule has 0 saturated heterocycles. The van der Waals surface area contributed by atoms with E-state index >= 15 is 0 Å². The maximum absolute atomic E-state index is 13.1. The first-order chi connectivity index (χ1) is 21.5. The van der Waals surface area contributed by atoms with E-state index in [1.165, 1.54) is 0 Å². The normalized spacial score (nSPS) is 10.6. The Balaban J connectivity index is 0.00000480. The molecule has 4 aromatic heterocycles. The molecular weight excluding hydrogens is 653 g/mol. The van der Waals surface area contributed by atoms with Crippen molar-refractivity contribution in [3.63, 3.8) is 0 Å². The molecule has 1 N–H and O–H groups in total. The maximum atomic E-state index is 13.1. The van der Waals surface area contributed by atoms with E-state index in [9.17, 15) is 9.90 Å². The van der Waals surface area contributed by atoms with Gasteiger partial charge in [-0.3, -0.25) is 0 Å². The predicted molar refractivity (Wildman–Crippen MR) is 176 cm³/mol. The second-order valence-corrected chi connectivity index (χ2v) is 11.6. The van der Waals surface area contributed by atoms with Gasteiger partial charge in [0, 0.05) is 166 Å². The van der Waals surface area contributed by atoms with Gasteiger partial charge in [0.25, 0.3) is 17.3 Å². The molecular formula is C35H41N8O2Y+3. The van der Waals surface area contributed by atoms with E-state index in [4.69, 9.17) is 0 Å². The summed E-state index contributed by atoms with van der Waals surface area (Å²) >= 11 is 0. The van der Waals surface area contributed by atoms with E-state index in [-0.39, 0.29) is 38.3 Å². The maximum Gasteiger partial charge on any atom is 0.279 e. The number of carboxylic acid groups (broad SMARTS) is 1. The molecule has 0 fully saturated rings. The van der Waals surface area contributed by atoms with Gasteiger partial charge in [-0.15, -0.1) is 0 Å². The van der Waals surface area contributed by atoms with E-state index in [1.807, 2.05) is 192 Å². The number of anilines is 4. The molecule has 0 spiro atoms. The third kappa shape index (κ3) is 7.03. The zero-order valence-corrected chi connectivity index (χ0v) is 30.6. The molecule has 0 saturated carbocycles. The van der Waals surface area contributed by atoms with Gasteiger partial charge in [-0.2, -0.15) is 13.7 Å². The van der Waals surface area contributed by atoms with Crippen LogP contribution in [0.25, 0.3) is 22.7 Å². The summed E-state index contributed by atoms with van der Waals surface area (Å²) < 4.78 is 7.79. The Labute approximate surface area is 296 Å². The molecule has 0 unspecified atom stereocenters. The predicted octanol–water partition coefficient (Wildman–Crippen LogP) is 2.55. The van der Waals surface area contributed by atoms with Crippen molar-refractivity contribution >= 4 is 28.7 Å². The summed E-state index contributed by atoms with van der Waals surface area (Å²) in [4.78, 5) is 21.2. The Morgan fingerprint density at radius 3 is 1.09 bits per heavy atom. The van der Waals surface area contributed by atoms with Crippen LogP contribution >= 0.6 is 0 Å². The van der Waals surface area contributed by atoms with Crippen LogP contribution in [0.3, 0.4) is 0 Å². The van der Waals surface area contributed by atoms with Crippen LogP contribution in [0.5, 0.6) is 0 Å². The van der Waals surface area contributed by atoms with Crippen molar-refractivity contribution in [3.8, 4) is 22.7 Å². The average Bonchev–Trinajstić information content (AvgIpc) is 3.04. The second kappa shape index (κ2) is 14.3. The summed E-state index contributed by atoms with van der Waals surface area (Å²) in [7, 11) is 15.9. The smallest absolute Gasteiger partial charge is 0.279 e. The molecule has 5 aromatic rings. The first kappa shape index (κ1) is 34.5. The quantitative estimate of drug-likeness (QED) is 0.189. The number of carbonyl (C=O) groups is 1. The molecule has 233 valence electrons. The summed E-state index contributed by atoms with van der Waals surface area (Å²) in [6.45, 7) is 0. The molecule has 0 aliphatic rings. The molecule has 4 heterocycles. The molecule has 0 amide bonds. The van der Waals surface area contributed by atoms with Crippen LogP contribution in [-0.2, 0) is 32.7 Å². The fourth-order valence-electron chi connectivity index (χ4n) is 5.12. The van der Waals surface area contributed by atoms with Crippen LogP contribution < -0.4 is 37.9 Å². The standard InChI is InChI=1S/C35H40N8O2.Y/c1-36(2)26-9-17-40(18-10-26)31-25-30(35(44)45)32(41-19-11-27(12-20-41)37(3)4)34(43-23-15-29(16-24-43)39(7)8)33(31)42-21-13-28(14-22-42)38(5)6;/h9-24H,1-8H3;/q+2;/p+1. The van der Waals surface area contributed by atoms with Gasteiger partial charge >= 0.3 is 0 Å². The fraction of sp³-hybridized carbons (Fsp3) is 0.229. The largest absolute Gasteiger partial charge is 0.521 e. The van der Waals surface area contributed by atoms with E-state index in [0.717, 1.165) is 28.4 Å². The number of carboxylic acids is 1. The molecule has 5 rings (SSSR count). The molecule has 0 atom stereocenters. The second-order valence-electron chi connectivity index (χ2n) is 11.6. The Kier molecular flexibility index (Phi) is 10.8. The molecule has 1 radical (unpaired) electrons. The van der Waals surface area contributed by atoms with Gasteiger partial charge in [0.1, 0.15) is 0 Å². The number of rotatable bonds is 9. The Morgan fingerprint density at radius 1 is 0.500 bits per heavy atom. The average molecular weight is 695 g/mol. The molecule has 0 bridgehead atoms. The van der Waals surface area contributed by atoms with Crippen LogP contribution in [0.1, 0.15) is 10.4 Å². The van der Waals surface area contributed by atoms with Gasteiger partial charge in [0.2, 0.25) is 11.4 Å². The summed E-state index contributed by atoms with van der Waals surface area (Å²) in [5.41, 5.74) is 6.66. The number of nitrogens with zero attached hydrogens (tertiary/aromatic N) is 8. The first-order valence-electron chi connectivity index (χ1n) is 14.6. The molecule has 10 nitrogen and oxygen atoms in total. The number of hydrogen-bond donors (Lipinski definition) is 1. The van der Waals surface area contributed by atoms with Crippen molar-refractivity contribution in [1.29, 1.82) is 0 Å². The zero-order chi connectivity index (χ0) is 32.4. The molecule has 11 heteroatoms. The summed E-state index contributed by atoms with van der Waals surface area (Å²) in [5, 5.41) is 10.7. The minimum atomic E-state index is -1.08. The molecule has 1 aromatic carbocycles. The zero-order valence-electron chi connectivity index (χ0n) is 27.7. The number of benzene rings is 1. The third-order valence-corrected chi connectivity index (χ3v) is 7.71. The molecule has 0 aliphatic carbocycles. The van der Waals surface area contributed by atoms with Gasteiger partial charge in [-0.25, -0.2) is 4.57 Å². The van der Waals surface area contributed by atoms with Crippen molar-refractivity contribution < 1.29 is 60.9 Å². The monoisotopic (exact) mass is 694 g/mol. The van der Waals surface area contributed by atoms with Crippen molar-refractivity contribution in [1.82, 2.24) is 0 Å². The van der Waals surface area contributed by atoms with Gasteiger partial charge in [0.05, 0.1) is 0 Å². The van der Waals surface area contributed by atoms with Crippen LogP contribution in [0.2, 0.25) is 0 Å². The van der Waals surface area contributed by atoms with E-state index in [1.54, 1.807) is 0 Å². The molecule has 46 heavy (non-hydrogen) atoms. The van der Waals surface area contributed by atoms with Crippen LogP contribution in [0.4, 0.5) is 22.7 Å². The van der Waals surface area contributed by atoms with E-state index in [2.05, 4.69) is 6.07 Å². The van der Waals surface area contributed by atoms with Crippen molar-refractivity contribution in [2.45, 2.75) is 0 Å². The van der Waals surface area contributed by atoms with Crippen LogP contribution in [0, 0.1) is 6.07 Å². The number of aromatic nitrogens is 4. The van der Waals surface area contributed by atoms with Crippen LogP contribution in [0.15, 0.2) is 98.1 Å². The van der Waals surface area contributed by atoms with Gasteiger partial charge in [-0.1, -0.05) is 0 Å². The summed E-state index contributed by atoms with van der Waals surface area (Å²) in [5.74, 6) is -1.08. The first-order valence-corrected chi connectivity index (χ1v) is 14.6. The van der Waals surface area contributed by atoms with E-state index < -0.39 is 5.97 Å². The van der Waals surface area contributed by atoms with E-state index in [0.29, 0.717) is 17.1 Å². The van der Waals surface area contributed by atoms with Crippen molar-refractivity contribution in [3.05, 3.63) is 110 Å². The minimum absolute atomic E-state index is 0. The number of hydrogen-bond acceptors (Lipinski definition) is 5. The minimum Gasteiger partial charge on any atom is -0.521 e. The van der Waals surface area contributed by atoms with Gasteiger partial charge in [0.15, 0.2) is 49.6 Å². The van der Waals surface area contributed by atoms with Gasteiger partial charge in [-0.05, 0) is 6.07 Å². The number of aromatic carboxylic acids is 1. The summed E-state index contributed by atoms with van der Waals surface area (Å²) in [6.07, 6.45) is 15.6.